The van der Waals surface area contributed by atoms with Crippen LogP contribution in [0, 0.1) is 6.92 Å². The summed E-state index contributed by atoms with van der Waals surface area (Å²) in [6.07, 6.45) is 5.69. The van der Waals surface area contributed by atoms with Gasteiger partial charge in [0.05, 0.1) is 0 Å². The second kappa shape index (κ2) is 7.56. The molecule has 1 saturated heterocycles. The van der Waals surface area contributed by atoms with Crippen molar-refractivity contribution in [3.05, 3.63) is 17.6 Å². The van der Waals surface area contributed by atoms with E-state index < -0.39 is 0 Å². The van der Waals surface area contributed by atoms with Crippen molar-refractivity contribution >= 4 is 11.7 Å². The fourth-order valence-corrected chi connectivity index (χ4v) is 2.94. The summed E-state index contributed by atoms with van der Waals surface area (Å²) in [5.41, 5.74) is 0.475. The zero-order chi connectivity index (χ0) is 16.1. The Morgan fingerprint density at radius 2 is 2.18 bits per heavy atom. The number of carbonyl (C=O) groups excluding carboxylic acids is 1. The standard InChI is InChI=1S/C17H28N4O/c1-5-12(3)18-17(22)15-11-16(20-13(4)19-15)21-10-8-7-9-14(21)6-2/h11-12,14H,5-10H2,1-4H3,(H,18,22). The van der Waals surface area contributed by atoms with Gasteiger partial charge in [0.1, 0.15) is 17.3 Å². The third-order valence-electron chi connectivity index (χ3n) is 4.44. The Morgan fingerprint density at radius 1 is 1.41 bits per heavy atom. The van der Waals surface area contributed by atoms with Crippen molar-refractivity contribution in [2.24, 2.45) is 0 Å². The molecule has 5 nitrogen and oxygen atoms in total. The summed E-state index contributed by atoms with van der Waals surface area (Å²) in [6.45, 7) is 9.15. The molecule has 1 aromatic heterocycles. The molecule has 1 aliphatic rings. The molecule has 1 amide bonds. The SMILES string of the molecule is CCC(C)NC(=O)c1cc(N2CCCCC2CC)nc(C)n1. The highest BCUT2D eigenvalue weighted by molar-refractivity contribution is 5.93. The number of piperidine rings is 1. The first-order chi connectivity index (χ1) is 10.5. The lowest BCUT2D eigenvalue weighted by molar-refractivity contribution is 0.0934. The molecule has 1 aromatic rings. The van der Waals surface area contributed by atoms with Crippen LogP contribution in [-0.4, -0.2) is 34.5 Å². The molecule has 122 valence electrons. The molecule has 1 aliphatic heterocycles. The summed E-state index contributed by atoms with van der Waals surface area (Å²) in [5.74, 6) is 1.45. The lowest BCUT2D eigenvalue weighted by Gasteiger charge is -2.36. The van der Waals surface area contributed by atoms with Gasteiger partial charge in [-0.05, 0) is 46.0 Å². The number of nitrogens with one attached hydrogen (secondary N) is 1. The Labute approximate surface area is 133 Å². The maximum Gasteiger partial charge on any atom is 0.270 e. The zero-order valence-corrected chi connectivity index (χ0v) is 14.2. The second-order valence-electron chi connectivity index (χ2n) is 6.19. The van der Waals surface area contributed by atoms with Gasteiger partial charge in [-0.3, -0.25) is 4.79 Å². The molecule has 0 spiro atoms. The summed E-state index contributed by atoms with van der Waals surface area (Å²) < 4.78 is 0. The topological polar surface area (TPSA) is 58.1 Å². The van der Waals surface area contributed by atoms with Gasteiger partial charge >= 0.3 is 0 Å². The monoisotopic (exact) mass is 304 g/mol. The number of aryl methyl sites for hydroxylation is 1. The van der Waals surface area contributed by atoms with E-state index in [1.807, 2.05) is 19.9 Å². The van der Waals surface area contributed by atoms with Gasteiger partial charge in [0, 0.05) is 24.7 Å². The van der Waals surface area contributed by atoms with E-state index in [0.29, 0.717) is 17.6 Å². The van der Waals surface area contributed by atoms with E-state index in [-0.39, 0.29) is 11.9 Å². The Hall–Kier alpha value is -1.65. The van der Waals surface area contributed by atoms with E-state index in [9.17, 15) is 4.79 Å². The average Bonchev–Trinajstić information content (AvgIpc) is 2.53. The molecule has 0 bridgehead atoms. The number of nitrogens with zero attached hydrogens (tertiary/aromatic N) is 3. The molecule has 2 unspecified atom stereocenters. The highest BCUT2D eigenvalue weighted by Crippen LogP contribution is 2.25. The van der Waals surface area contributed by atoms with E-state index in [1.165, 1.54) is 19.3 Å². The largest absolute Gasteiger partial charge is 0.354 e. The Bertz CT molecular complexity index is 517. The van der Waals surface area contributed by atoms with Crippen LogP contribution in [0.15, 0.2) is 6.07 Å². The maximum atomic E-state index is 12.3. The van der Waals surface area contributed by atoms with Crippen molar-refractivity contribution in [2.45, 2.75) is 71.9 Å². The first-order valence-corrected chi connectivity index (χ1v) is 8.48. The first kappa shape index (κ1) is 16.7. The molecule has 5 heteroatoms. The van der Waals surface area contributed by atoms with E-state index in [0.717, 1.165) is 25.2 Å². The van der Waals surface area contributed by atoms with Crippen molar-refractivity contribution in [3.63, 3.8) is 0 Å². The Morgan fingerprint density at radius 3 is 2.86 bits per heavy atom. The average molecular weight is 304 g/mol. The van der Waals surface area contributed by atoms with Crippen LogP contribution in [0.2, 0.25) is 0 Å². The molecular formula is C17H28N4O. The molecule has 0 aromatic carbocycles. The van der Waals surface area contributed by atoms with Crippen molar-refractivity contribution < 1.29 is 4.79 Å². The second-order valence-corrected chi connectivity index (χ2v) is 6.19. The minimum absolute atomic E-state index is 0.105. The number of hydrogen-bond donors (Lipinski definition) is 1. The molecule has 2 rings (SSSR count). The quantitative estimate of drug-likeness (QED) is 0.908. The molecule has 0 radical (unpaired) electrons. The predicted molar refractivity (Wildman–Crippen MR) is 89.3 cm³/mol. The number of carbonyl (C=O) groups is 1. The fourth-order valence-electron chi connectivity index (χ4n) is 2.94. The van der Waals surface area contributed by atoms with Crippen molar-refractivity contribution in [3.8, 4) is 0 Å². The van der Waals surface area contributed by atoms with E-state index >= 15 is 0 Å². The van der Waals surface area contributed by atoms with Crippen LogP contribution in [0.4, 0.5) is 5.82 Å². The minimum Gasteiger partial charge on any atom is -0.354 e. The van der Waals surface area contributed by atoms with Crippen molar-refractivity contribution in [1.29, 1.82) is 0 Å². The van der Waals surface area contributed by atoms with Gasteiger partial charge < -0.3 is 10.2 Å². The summed E-state index contributed by atoms with van der Waals surface area (Å²) in [7, 11) is 0. The summed E-state index contributed by atoms with van der Waals surface area (Å²) in [5, 5.41) is 2.98. The van der Waals surface area contributed by atoms with Crippen LogP contribution in [0.25, 0.3) is 0 Å². The first-order valence-electron chi connectivity index (χ1n) is 8.48. The molecule has 2 atom stereocenters. The summed E-state index contributed by atoms with van der Waals surface area (Å²) in [4.78, 5) is 23.6. The molecule has 1 N–H and O–H groups in total. The van der Waals surface area contributed by atoms with Gasteiger partial charge in [-0.15, -0.1) is 0 Å². The molecule has 0 aliphatic carbocycles. The summed E-state index contributed by atoms with van der Waals surface area (Å²) in [6, 6.07) is 2.52. The van der Waals surface area contributed by atoms with Gasteiger partial charge in [0.15, 0.2) is 0 Å². The number of amides is 1. The van der Waals surface area contributed by atoms with Crippen LogP contribution in [0.1, 0.15) is 69.2 Å². The summed E-state index contributed by atoms with van der Waals surface area (Å²) >= 11 is 0. The maximum absolute atomic E-state index is 12.3. The number of anilines is 1. The highest BCUT2D eigenvalue weighted by Gasteiger charge is 2.23. The number of hydrogen-bond acceptors (Lipinski definition) is 4. The van der Waals surface area contributed by atoms with Crippen molar-refractivity contribution in [1.82, 2.24) is 15.3 Å². The van der Waals surface area contributed by atoms with Crippen LogP contribution in [0.3, 0.4) is 0 Å². The zero-order valence-electron chi connectivity index (χ0n) is 14.2. The van der Waals surface area contributed by atoms with Gasteiger partial charge in [-0.25, -0.2) is 9.97 Å². The van der Waals surface area contributed by atoms with Gasteiger partial charge in [-0.1, -0.05) is 13.8 Å². The third kappa shape index (κ3) is 3.96. The van der Waals surface area contributed by atoms with Crippen LogP contribution in [0.5, 0.6) is 0 Å². The molecule has 2 heterocycles. The molecule has 22 heavy (non-hydrogen) atoms. The van der Waals surface area contributed by atoms with Crippen molar-refractivity contribution in [2.75, 3.05) is 11.4 Å². The third-order valence-corrected chi connectivity index (χ3v) is 4.44. The normalized spacial score (nSPS) is 19.8. The molecular weight excluding hydrogens is 276 g/mol. The lowest BCUT2D eigenvalue weighted by Crippen LogP contribution is -2.40. The fraction of sp³-hybridized carbons (Fsp3) is 0.706. The molecule has 1 fully saturated rings. The van der Waals surface area contributed by atoms with Crippen LogP contribution in [-0.2, 0) is 0 Å². The number of aromatic nitrogens is 2. The molecule has 0 saturated carbocycles. The highest BCUT2D eigenvalue weighted by atomic mass is 16.1. The smallest absolute Gasteiger partial charge is 0.270 e. The van der Waals surface area contributed by atoms with Crippen LogP contribution >= 0.6 is 0 Å². The van der Waals surface area contributed by atoms with E-state index in [2.05, 4.69) is 34.0 Å². The van der Waals surface area contributed by atoms with E-state index in [4.69, 9.17) is 0 Å². The predicted octanol–water partition coefficient (Wildman–Crippen LogP) is 3.08. The van der Waals surface area contributed by atoms with Gasteiger partial charge in [0.2, 0.25) is 0 Å². The van der Waals surface area contributed by atoms with Gasteiger partial charge in [-0.2, -0.15) is 0 Å². The lowest BCUT2D eigenvalue weighted by atomic mass is 10.00. The Kier molecular flexibility index (Phi) is 5.75. The Balaban J connectivity index is 2.24. The number of rotatable bonds is 5. The minimum atomic E-state index is -0.105. The van der Waals surface area contributed by atoms with E-state index in [1.54, 1.807) is 0 Å². The van der Waals surface area contributed by atoms with Gasteiger partial charge in [0.25, 0.3) is 5.91 Å². The van der Waals surface area contributed by atoms with Crippen LogP contribution < -0.4 is 10.2 Å².